The molecule has 3 rings (SSSR count). The Balaban J connectivity index is 2.41. The Kier molecular flexibility index (Phi) is 2.65. The van der Waals surface area contributed by atoms with Crippen molar-refractivity contribution in [2.75, 3.05) is 0 Å². The van der Waals surface area contributed by atoms with Gasteiger partial charge in [-0.2, -0.15) is 5.26 Å². The largest absolute Gasteiger partial charge is 0.314 e. The van der Waals surface area contributed by atoms with Crippen molar-refractivity contribution < 1.29 is 4.39 Å². The molecule has 2 aromatic heterocycles. The number of halogens is 1. The lowest BCUT2D eigenvalue weighted by Gasteiger charge is -2.05. The van der Waals surface area contributed by atoms with Gasteiger partial charge in [-0.3, -0.25) is 0 Å². The van der Waals surface area contributed by atoms with Gasteiger partial charge in [-0.15, -0.1) is 11.3 Å². The number of nitrogens with zero attached hydrogens (tertiary/aromatic N) is 2. The molecule has 0 unspecified atom stereocenters. The summed E-state index contributed by atoms with van der Waals surface area (Å²) in [4.78, 5) is 0. The fraction of sp³-hybridized carbons (Fsp3) is 0.133. The zero-order chi connectivity index (χ0) is 13.6. The summed E-state index contributed by atoms with van der Waals surface area (Å²) in [6, 6.07) is 5.37. The van der Waals surface area contributed by atoms with Gasteiger partial charge >= 0.3 is 0 Å². The molecule has 0 fully saturated rings. The highest BCUT2D eigenvalue weighted by molar-refractivity contribution is 7.08. The molecule has 19 heavy (non-hydrogen) atoms. The van der Waals surface area contributed by atoms with Crippen LogP contribution >= 0.6 is 11.3 Å². The van der Waals surface area contributed by atoms with Gasteiger partial charge in [0, 0.05) is 17.0 Å². The molecule has 3 aromatic rings. The predicted molar refractivity (Wildman–Crippen MR) is 75.3 cm³/mol. The van der Waals surface area contributed by atoms with Crippen LogP contribution in [0, 0.1) is 31.0 Å². The molecule has 0 saturated carbocycles. The van der Waals surface area contributed by atoms with E-state index in [0.29, 0.717) is 16.5 Å². The van der Waals surface area contributed by atoms with Gasteiger partial charge in [0.15, 0.2) is 0 Å². The Morgan fingerprint density at radius 1 is 1.21 bits per heavy atom. The second kappa shape index (κ2) is 4.22. The lowest BCUT2D eigenvalue weighted by molar-refractivity contribution is 0.620. The van der Waals surface area contributed by atoms with Gasteiger partial charge in [0.1, 0.15) is 11.9 Å². The van der Waals surface area contributed by atoms with Crippen molar-refractivity contribution in [1.82, 2.24) is 4.57 Å². The third-order valence-electron chi connectivity index (χ3n) is 3.29. The number of aryl methyl sites for hydroxylation is 2. The number of benzene rings is 1. The lowest BCUT2D eigenvalue weighted by atomic mass is 10.1. The van der Waals surface area contributed by atoms with Crippen LogP contribution in [0.2, 0.25) is 0 Å². The average molecular weight is 270 g/mol. The number of rotatable bonds is 1. The second-order valence-corrected chi connectivity index (χ2v) is 5.33. The highest BCUT2D eigenvalue weighted by Gasteiger charge is 2.13. The molecule has 2 heterocycles. The molecule has 0 radical (unpaired) electrons. The number of nitriles is 1. The lowest BCUT2D eigenvalue weighted by Crippen LogP contribution is -1.92. The molecule has 0 saturated heterocycles. The van der Waals surface area contributed by atoms with Crippen molar-refractivity contribution >= 4 is 22.2 Å². The van der Waals surface area contributed by atoms with Crippen LogP contribution in [0.1, 0.15) is 16.7 Å². The molecule has 0 aliphatic carbocycles. The molecule has 0 aliphatic heterocycles. The van der Waals surface area contributed by atoms with Crippen molar-refractivity contribution in [2.45, 2.75) is 13.8 Å². The standard InChI is InChI=1S/C15H11FN2S/c1-9-3-14-12(4-13(9)16)11(5-17)6-18(14)15-8-19-7-10(15)2/h3-4,6-8H,1-2H3. The van der Waals surface area contributed by atoms with Crippen molar-refractivity contribution in [3.05, 3.63) is 51.6 Å². The van der Waals surface area contributed by atoms with Crippen LogP contribution in [0.25, 0.3) is 16.6 Å². The minimum atomic E-state index is -0.274. The fourth-order valence-corrected chi connectivity index (χ4v) is 3.06. The second-order valence-electron chi connectivity index (χ2n) is 4.58. The normalized spacial score (nSPS) is 10.8. The Morgan fingerprint density at radius 2 is 2.00 bits per heavy atom. The molecule has 4 heteroatoms. The van der Waals surface area contributed by atoms with Crippen molar-refractivity contribution in [2.24, 2.45) is 0 Å². The van der Waals surface area contributed by atoms with Gasteiger partial charge in [0.05, 0.1) is 16.8 Å². The monoisotopic (exact) mass is 270 g/mol. The SMILES string of the molecule is Cc1cc2c(cc1F)c(C#N)cn2-c1cscc1C. The number of hydrogen-bond acceptors (Lipinski definition) is 2. The first-order chi connectivity index (χ1) is 9.11. The van der Waals surface area contributed by atoms with Crippen molar-refractivity contribution in [3.8, 4) is 11.8 Å². The van der Waals surface area contributed by atoms with Crippen LogP contribution in [0.4, 0.5) is 4.39 Å². The zero-order valence-corrected chi connectivity index (χ0v) is 11.4. The Morgan fingerprint density at radius 3 is 2.63 bits per heavy atom. The summed E-state index contributed by atoms with van der Waals surface area (Å²) in [5, 5.41) is 14.0. The fourth-order valence-electron chi connectivity index (χ4n) is 2.24. The third kappa shape index (κ3) is 1.74. The number of thiophene rings is 1. The van der Waals surface area contributed by atoms with E-state index in [9.17, 15) is 9.65 Å². The molecule has 0 amide bonds. The first-order valence-corrected chi connectivity index (χ1v) is 6.80. The number of fused-ring (bicyclic) bond motifs is 1. The van der Waals surface area contributed by atoms with Gasteiger partial charge in [0.25, 0.3) is 0 Å². The molecule has 0 N–H and O–H groups in total. The van der Waals surface area contributed by atoms with E-state index < -0.39 is 0 Å². The Hall–Kier alpha value is -2.12. The van der Waals surface area contributed by atoms with Gasteiger partial charge in [0.2, 0.25) is 0 Å². The van der Waals surface area contributed by atoms with E-state index in [1.165, 1.54) is 6.07 Å². The quantitative estimate of drug-likeness (QED) is 0.647. The summed E-state index contributed by atoms with van der Waals surface area (Å²) in [6.07, 6.45) is 1.78. The van der Waals surface area contributed by atoms with Gasteiger partial charge in [-0.1, -0.05) is 0 Å². The molecule has 1 aromatic carbocycles. The molecule has 2 nitrogen and oxygen atoms in total. The first-order valence-electron chi connectivity index (χ1n) is 5.86. The minimum Gasteiger partial charge on any atom is -0.314 e. The molecule has 0 aliphatic rings. The molecule has 0 spiro atoms. The van der Waals surface area contributed by atoms with Crippen LogP contribution in [0.15, 0.2) is 29.1 Å². The van der Waals surface area contributed by atoms with Crippen LogP contribution in [-0.4, -0.2) is 4.57 Å². The van der Waals surface area contributed by atoms with Gasteiger partial charge in [-0.05, 0) is 42.5 Å². The van der Waals surface area contributed by atoms with Crippen LogP contribution in [0.5, 0.6) is 0 Å². The summed E-state index contributed by atoms with van der Waals surface area (Å²) in [5.74, 6) is -0.274. The Labute approximate surface area is 114 Å². The summed E-state index contributed by atoms with van der Waals surface area (Å²) >= 11 is 1.62. The summed E-state index contributed by atoms with van der Waals surface area (Å²) in [6.45, 7) is 3.76. The van der Waals surface area contributed by atoms with Crippen LogP contribution in [0.3, 0.4) is 0 Å². The zero-order valence-electron chi connectivity index (χ0n) is 10.6. The van der Waals surface area contributed by atoms with E-state index in [1.807, 2.05) is 16.9 Å². The van der Waals surface area contributed by atoms with Crippen molar-refractivity contribution in [3.63, 3.8) is 0 Å². The van der Waals surface area contributed by atoms with E-state index in [4.69, 9.17) is 0 Å². The maximum absolute atomic E-state index is 13.7. The van der Waals surface area contributed by atoms with Crippen LogP contribution < -0.4 is 0 Å². The first kappa shape index (κ1) is 11.9. The van der Waals surface area contributed by atoms with Crippen LogP contribution in [-0.2, 0) is 0 Å². The van der Waals surface area contributed by atoms with E-state index in [-0.39, 0.29) is 5.82 Å². The number of aromatic nitrogens is 1. The van der Waals surface area contributed by atoms with Crippen molar-refractivity contribution in [1.29, 1.82) is 5.26 Å². The van der Waals surface area contributed by atoms with E-state index in [0.717, 1.165) is 16.8 Å². The number of hydrogen-bond donors (Lipinski definition) is 0. The van der Waals surface area contributed by atoms with Gasteiger partial charge in [-0.25, -0.2) is 4.39 Å². The van der Waals surface area contributed by atoms with E-state index in [1.54, 1.807) is 30.5 Å². The summed E-state index contributed by atoms with van der Waals surface area (Å²) in [5.41, 5.74) is 4.15. The Bertz CT molecular complexity index is 821. The topological polar surface area (TPSA) is 28.7 Å². The highest BCUT2D eigenvalue weighted by Crippen LogP contribution is 2.29. The third-order valence-corrected chi connectivity index (χ3v) is 4.14. The van der Waals surface area contributed by atoms with E-state index >= 15 is 0 Å². The molecule has 0 atom stereocenters. The summed E-state index contributed by atoms with van der Waals surface area (Å²) < 4.78 is 15.6. The minimum absolute atomic E-state index is 0.274. The predicted octanol–water partition coefficient (Wildman–Crippen LogP) is 4.32. The summed E-state index contributed by atoms with van der Waals surface area (Å²) in [7, 11) is 0. The highest BCUT2D eigenvalue weighted by atomic mass is 32.1. The smallest absolute Gasteiger partial charge is 0.126 e. The maximum Gasteiger partial charge on any atom is 0.126 e. The molecular weight excluding hydrogens is 259 g/mol. The average Bonchev–Trinajstić information content (AvgIpc) is 2.94. The van der Waals surface area contributed by atoms with E-state index in [2.05, 4.69) is 11.4 Å². The molecule has 94 valence electrons. The maximum atomic E-state index is 13.7. The van der Waals surface area contributed by atoms with Gasteiger partial charge < -0.3 is 4.57 Å². The molecule has 0 bridgehead atoms. The molecular formula is C15H11FN2S.